The Hall–Kier alpha value is -4.90. The molecule has 4 aromatic rings. The second-order valence-corrected chi connectivity index (χ2v) is 8.82. The maximum atomic E-state index is 13.3. The van der Waals surface area contributed by atoms with Gasteiger partial charge in [-0.1, -0.05) is 30.3 Å². The number of aryl methyl sites for hydroxylation is 1. The van der Waals surface area contributed by atoms with E-state index in [0.717, 1.165) is 22.4 Å². The average molecular weight is 494 g/mol. The molecule has 5 rings (SSSR count). The van der Waals surface area contributed by atoms with E-state index in [2.05, 4.69) is 5.32 Å². The number of amides is 1. The van der Waals surface area contributed by atoms with Gasteiger partial charge in [-0.2, -0.15) is 5.26 Å². The lowest BCUT2D eigenvalue weighted by Crippen LogP contribution is -2.22. The minimum absolute atomic E-state index is 0.0396. The molecule has 2 aromatic heterocycles. The summed E-state index contributed by atoms with van der Waals surface area (Å²) in [7, 11) is 0. The van der Waals surface area contributed by atoms with Crippen molar-refractivity contribution in [2.45, 2.75) is 26.7 Å². The minimum atomic E-state index is -0.622. The molecule has 37 heavy (non-hydrogen) atoms. The number of nitrogens with one attached hydrogen (secondary N) is 1. The van der Waals surface area contributed by atoms with Crippen LogP contribution < -0.4 is 5.32 Å². The molecular weight excluding hydrogens is 470 g/mol. The summed E-state index contributed by atoms with van der Waals surface area (Å²) >= 11 is 0. The number of para-hydroxylation sites is 1. The molecule has 2 aromatic carbocycles. The third kappa shape index (κ3) is 4.55. The van der Waals surface area contributed by atoms with Crippen molar-refractivity contribution in [3.05, 3.63) is 87.8 Å². The van der Waals surface area contributed by atoms with Crippen LogP contribution in [0.15, 0.2) is 52.9 Å². The zero-order valence-corrected chi connectivity index (χ0v) is 20.3. The first-order valence-corrected chi connectivity index (χ1v) is 11.7. The number of hydrogen-bond acceptors (Lipinski definition) is 7. The molecule has 1 aliphatic carbocycles. The van der Waals surface area contributed by atoms with Crippen molar-refractivity contribution >= 4 is 40.3 Å². The number of nitrogens with zero attached hydrogens (tertiary/aromatic N) is 2. The largest absolute Gasteiger partial charge is 0.508 e. The van der Waals surface area contributed by atoms with Crippen LogP contribution >= 0.6 is 0 Å². The monoisotopic (exact) mass is 493 g/mol. The zero-order valence-electron chi connectivity index (χ0n) is 20.3. The van der Waals surface area contributed by atoms with Crippen molar-refractivity contribution < 1.29 is 23.8 Å². The molecule has 0 saturated carbocycles. The molecule has 0 spiro atoms. The molecule has 0 radical (unpaired) electrons. The maximum Gasteiger partial charge on any atom is 0.339 e. The molecule has 2 N–H and O–H groups in total. The Morgan fingerprint density at radius 2 is 1.92 bits per heavy atom. The van der Waals surface area contributed by atoms with Crippen LogP contribution in [0, 0.1) is 25.2 Å². The number of allylic oxidation sites excluding steroid dienone is 1. The standard InChI is InChI=1S/C29H23N3O5/c1-16-17(2)37-28(23(16)14-30)32-25(34)15-36-29(35)26-21-5-3-4-6-24(21)31-27-19(9-12-22(26)27)13-18-7-10-20(33)11-8-18/h3-8,10-11,13,33H,9,12,15H2,1-2H3,(H,32,34)/b19-13+. The third-order valence-corrected chi connectivity index (χ3v) is 6.46. The number of ether oxygens (including phenoxy) is 1. The average Bonchev–Trinajstić information content (AvgIpc) is 3.41. The molecule has 1 amide bonds. The number of carbonyl (C=O) groups excluding carboxylic acids is 2. The SMILES string of the molecule is Cc1oc(NC(=O)COC(=O)c2c3c(nc4ccccc24)/C(=C/c2ccc(O)cc2)CC3)c(C#N)c1C. The first kappa shape index (κ1) is 23.8. The second kappa shape index (κ2) is 9.63. The highest BCUT2D eigenvalue weighted by molar-refractivity contribution is 6.08. The summed E-state index contributed by atoms with van der Waals surface area (Å²) in [6, 6.07) is 16.2. The number of hydrogen-bond donors (Lipinski definition) is 2. The molecule has 184 valence electrons. The van der Waals surface area contributed by atoms with Gasteiger partial charge >= 0.3 is 5.97 Å². The molecule has 2 heterocycles. The van der Waals surface area contributed by atoms with Crippen LogP contribution in [0.4, 0.5) is 5.88 Å². The Balaban J connectivity index is 1.42. The Morgan fingerprint density at radius 3 is 2.68 bits per heavy atom. The number of pyridine rings is 1. The summed E-state index contributed by atoms with van der Waals surface area (Å²) in [4.78, 5) is 30.6. The number of benzene rings is 2. The first-order valence-electron chi connectivity index (χ1n) is 11.7. The fourth-order valence-corrected chi connectivity index (χ4v) is 4.50. The van der Waals surface area contributed by atoms with Crippen LogP contribution in [0.1, 0.15) is 50.5 Å². The number of phenolic OH excluding ortho intramolecular Hbond substituents is 1. The molecule has 0 aliphatic heterocycles. The van der Waals surface area contributed by atoms with Crippen LogP contribution in [0.2, 0.25) is 0 Å². The molecule has 0 fully saturated rings. The number of aromatic nitrogens is 1. The lowest BCUT2D eigenvalue weighted by molar-refractivity contribution is -0.119. The highest BCUT2D eigenvalue weighted by atomic mass is 16.5. The molecule has 0 unspecified atom stereocenters. The van der Waals surface area contributed by atoms with Gasteiger partial charge in [0.25, 0.3) is 5.91 Å². The number of aromatic hydroxyl groups is 1. The number of esters is 1. The Bertz CT molecular complexity index is 1620. The maximum absolute atomic E-state index is 13.3. The van der Waals surface area contributed by atoms with E-state index in [1.54, 1.807) is 26.0 Å². The Morgan fingerprint density at radius 1 is 1.16 bits per heavy atom. The lowest BCUT2D eigenvalue weighted by Gasteiger charge is -2.12. The normalized spacial score (nSPS) is 13.4. The van der Waals surface area contributed by atoms with Gasteiger partial charge in [-0.15, -0.1) is 0 Å². The van der Waals surface area contributed by atoms with Gasteiger partial charge in [-0.3, -0.25) is 10.1 Å². The van der Waals surface area contributed by atoms with E-state index >= 15 is 0 Å². The number of furan rings is 1. The summed E-state index contributed by atoms with van der Waals surface area (Å²) in [6.07, 6.45) is 3.29. The second-order valence-electron chi connectivity index (χ2n) is 8.82. The van der Waals surface area contributed by atoms with Crippen LogP contribution in [-0.2, 0) is 16.0 Å². The molecule has 0 saturated heterocycles. The number of nitriles is 1. The summed E-state index contributed by atoms with van der Waals surface area (Å²) in [6.45, 7) is 2.89. The van der Waals surface area contributed by atoms with Gasteiger partial charge < -0.3 is 14.3 Å². The van der Waals surface area contributed by atoms with Crippen molar-refractivity contribution in [3.8, 4) is 11.8 Å². The van der Waals surface area contributed by atoms with Crippen LogP contribution in [-0.4, -0.2) is 28.6 Å². The summed E-state index contributed by atoms with van der Waals surface area (Å²) in [5, 5.41) is 22.1. The number of fused-ring (bicyclic) bond motifs is 2. The van der Waals surface area contributed by atoms with Gasteiger partial charge in [0.1, 0.15) is 23.1 Å². The topological polar surface area (TPSA) is 125 Å². The van der Waals surface area contributed by atoms with Crippen molar-refractivity contribution in [3.63, 3.8) is 0 Å². The summed E-state index contributed by atoms with van der Waals surface area (Å²) < 4.78 is 10.9. The Kier molecular flexibility index (Phi) is 6.20. The lowest BCUT2D eigenvalue weighted by atomic mass is 10.0. The van der Waals surface area contributed by atoms with Gasteiger partial charge in [-0.25, -0.2) is 9.78 Å². The van der Waals surface area contributed by atoms with E-state index in [1.807, 2.05) is 48.5 Å². The van der Waals surface area contributed by atoms with E-state index in [0.29, 0.717) is 40.6 Å². The van der Waals surface area contributed by atoms with Crippen molar-refractivity contribution in [2.75, 3.05) is 11.9 Å². The Labute approximate surface area is 212 Å². The molecule has 8 nitrogen and oxygen atoms in total. The van der Waals surface area contributed by atoms with E-state index in [-0.39, 0.29) is 17.2 Å². The molecular formula is C29H23N3O5. The quantitative estimate of drug-likeness (QED) is 0.361. The highest BCUT2D eigenvalue weighted by Crippen LogP contribution is 2.38. The molecule has 8 heteroatoms. The number of anilines is 1. The van der Waals surface area contributed by atoms with Crippen LogP contribution in [0.25, 0.3) is 22.6 Å². The molecule has 1 aliphatic rings. The van der Waals surface area contributed by atoms with Crippen molar-refractivity contribution in [2.24, 2.45) is 0 Å². The summed E-state index contributed by atoms with van der Waals surface area (Å²) in [5.41, 5.74) is 5.32. The van der Waals surface area contributed by atoms with Crippen molar-refractivity contribution in [1.82, 2.24) is 4.98 Å². The highest BCUT2D eigenvalue weighted by Gasteiger charge is 2.28. The smallest absolute Gasteiger partial charge is 0.339 e. The summed E-state index contributed by atoms with van der Waals surface area (Å²) in [5.74, 6) is -0.477. The molecule has 0 bridgehead atoms. The third-order valence-electron chi connectivity index (χ3n) is 6.46. The van der Waals surface area contributed by atoms with Gasteiger partial charge in [0.2, 0.25) is 5.88 Å². The van der Waals surface area contributed by atoms with Crippen LogP contribution in [0.5, 0.6) is 5.75 Å². The van der Waals surface area contributed by atoms with Gasteiger partial charge in [-0.05, 0) is 67.7 Å². The molecule has 0 atom stereocenters. The van der Waals surface area contributed by atoms with E-state index in [4.69, 9.17) is 14.1 Å². The van der Waals surface area contributed by atoms with E-state index in [1.165, 1.54) is 0 Å². The predicted molar refractivity (Wildman–Crippen MR) is 138 cm³/mol. The predicted octanol–water partition coefficient (Wildman–Crippen LogP) is 5.30. The fraction of sp³-hybridized carbons (Fsp3) is 0.172. The van der Waals surface area contributed by atoms with Crippen LogP contribution in [0.3, 0.4) is 0 Å². The number of rotatable bonds is 5. The van der Waals surface area contributed by atoms with Gasteiger partial charge in [0.05, 0.1) is 16.8 Å². The van der Waals surface area contributed by atoms with Gasteiger partial charge in [0.15, 0.2) is 6.61 Å². The number of phenols is 1. The van der Waals surface area contributed by atoms with E-state index in [9.17, 15) is 20.0 Å². The van der Waals surface area contributed by atoms with E-state index < -0.39 is 18.5 Å². The van der Waals surface area contributed by atoms with Gasteiger partial charge in [0, 0.05) is 10.9 Å². The number of carbonyl (C=O) groups is 2. The fourth-order valence-electron chi connectivity index (χ4n) is 4.50. The zero-order chi connectivity index (χ0) is 26.1. The first-order chi connectivity index (χ1) is 17.9. The minimum Gasteiger partial charge on any atom is -0.508 e. The van der Waals surface area contributed by atoms with Crippen molar-refractivity contribution in [1.29, 1.82) is 5.26 Å².